The van der Waals surface area contributed by atoms with Crippen LogP contribution in [0.4, 0.5) is 5.69 Å². The molecule has 0 radical (unpaired) electrons. The highest BCUT2D eigenvalue weighted by atomic mass is 79.9. The van der Waals surface area contributed by atoms with Gasteiger partial charge >= 0.3 is 0 Å². The molecule has 0 saturated heterocycles. The lowest BCUT2D eigenvalue weighted by Crippen LogP contribution is -2.14. The van der Waals surface area contributed by atoms with Crippen LogP contribution in [0.2, 0.25) is 0 Å². The molecule has 6 nitrogen and oxygen atoms in total. The molecule has 3 rings (SSSR count). The van der Waals surface area contributed by atoms with Crippen LogP contribution in [0.15, 0.2) is 46.2 Å². The van der Waals surface area contributed by atoms with Crippen molar-refractivity contribution in [1.82, 2.24) is 14.6 Å². The normalized spacial score (nSPS) is 11.8. The van der Waals surface area contributed by atoms with Crippen LogP contribution in [0.5, 0.6) is 0 Å². The minimum absolute atomic E-state index is 0.216. The molecule has 22 heavy (non-hydrogen) atoms. The lowest BCUT2D eigenvalue weighted by molar-refractivity contribution is 0.601. The highest BCUT2D eigenvalue weighted by Gasteiger charge is 2.17. The van der Waals surface area contributed by atoms with Crippen LogP contribution in [-0.2, 0) is 10.0 Å². The second kappa shape index (κ2) is 5.36. The Morgan fingerprint density at radius 1 is 1.18 bits per heavy atom. The van der Waals surface area contributed by atoms with Crippen LogP contribution < -0.4 is 4.72 Å². The van der Waals surface area contributed by atoms with E-state index in [9.17, 15) is 8.42 Å². The number of fused-ring (bicyclic) bond motifs is 1. The summed E-state index contributed by atoms with van der Waals surface area (Å²) >= 11 is 3.34. The molecule has 0 aliphatic carbocycles. The van der Waals surface area contributed by atoms with Gasteiger partial charge in [0.2, 0.25) is 0 Å². The Bertz CT molecular complexity index is 966. The first-order valence-corrected chi connectivity index (χ1v) is 8.73. The molecule has 0 amide bonds. The predicted molar refractivity (Wildman–Crippen MR) is 87.4 cm³/mol. The molecule has 0 spiro atoms. The molecular formula is C14H13BrN4O2S. The Labute approximate surface area is 136 Å². The van der Waals surface area contributed by atoms with Gasteiger partial charge in [-0.1, -0.05) is 6.07 Å². The Kier molecular flexibility index (Phi) is 3.65. The zero-order chi connectivity index (χ0) is 15.9. The van der Waals surface area contributed by atoms with Gasteiger partial charge in [0.05, 0.1) is 10.6 Å². The molecule has 8 heteroatoms. The van der Waals surface area contributed by atoms with Crippen LogP contribution in [0.25, 0.3) is 5.65 Å². The van der Waals surface area contributed by atoms with Crippen LogP contribution in [0.3, 0.4) is 0 Å². The van der Waals surface area contributed by atoms with Gasteiger partial charge in [0.25, 0.3) is 10.0 Å². The van der Waals surface area contributed by atoms with Crippen molar-refractivity contribution in [2.75, 3.05) is 4.72 Å². The number of hydrogen-bond donors (Lipinski definition) is 1. The summed E-state index contributed by atoms with van der Waals surface area (Å²) in [5.74, 6) is 0. The number of anilines is 1. The zero-order valence-corrected chi connectivity index (χ0v) is 14.3. The van der Waals surface area contributed by atoms with Crippen LogP contribution in [-0.4, -0.2) is 23.0 Å². The van der Waals surface area contributed by atoms with Crippen molar-refractivity contribution in [3.63, 3.8) is 0 Å². The maximum Gasteiger partial charge on any atom is 0.262 e. The second-order valence-corrected chi connectivity index (χ2v) is 7.58. The lowest BCUT2D eigenvalue weighted by atomic mass is 10.1. The number of rotatable bonds is 3. The Morgan fingerprint density at radius 2 is 1.95 bits per heavy atom. The molecule has 1 aromatic carbocycles. The summed E-state index contributed by atoms with van der Waals surface area (Å²) < 4.78 is 30.0. The summed E-state index contributed by atoms with van der Waals surface area (Å²) in [5.41, 5.74) is 2.77. The first-order valence-electron chi connectivity index (χ1n) is 6.46. The summed E-state index contributed by atoms with van der Waals surface area (Å²) in [6, 6.07) is 6.68. The number of benzene rings is 1. The molecular weight excluding hydrogens is 368 g/mol. The van der Waals surface area contributed by atoms with Gasteiger partial charge in [0.1, 0.15) is 6.33 Å². The number of sulfonamides is 1. The molecule has 2 heterocycles. The SMILES string of the molecule is Cc1ccc(S(=O)(=O)Nc2cc(Br)cn3cnnc23)cc1C. The molecule has 0 unspecified atom stereocenters. The average molecular weight is 381 g/mol. The largest absolute Gasteiger partial charge is 0.286 e. The summed E-state index contributed by atoms with van der Waals surface area (Å²) in [5, 5.41) is 7.72. The second-order valence-electron chi connectivity index (χ2n) is 4.99. The molecule has 2 aromatic heterocycles. The highest BCUT2D eigenvalue weighted by Crippen LogP contribution is 2.24. The fourth-order valence-corrected chi connectivity index (χ4v) is 3.65. The van der Waals surface area contributed by atoms with Crippen molar-refractivity contribution in [2.45, 2.75) is 18.7 Å². The summed E-state index contributed by atoms with van der Waals surface area (Å²) in [7, 11) is -3.69. The van der Waals surface area contributed by atoms with Crippen molar-refractivity contribution in [3.05, 3.63) is 52.4 Å². The summed E-state index contributed by atoms with van der Waals surface area (Å²) in [6.45, 7) is 3.82. The number of halogens is 1. The van der Waals surface area contributed by atoms with Crippen molar-refractivity contribution < 1.29 is 8.42 Å². The van der Waals surface area contributed by atoms with Crippen molar-refractivity contribution in [1.29, 1.82) is 0 Å². The van der Waals surface area contributed by atoms with E-state index in [0.29, 0.717) is 11.3 Å². The maximum atomic E-state index is 12.6. The third kappa shape index (κ3) is 2.71. The summed E-state index contributed by atoms with van der Waals surface area (Å²) in [4.78, 5) is 0.216. The third-order valence-electron chi connectivity index (χ3n) is 3.39. The first kappa shape index (κ1) is 15.0. The minimum Gasteiger partial charge on any atom is -0.286 e. The van der Waals surface area contributed by atoms with E-state index in [1.54, 1.807) is 34.9 Å². The maximum absolute atomic E-state index is 12.6. The number of aromatic nitrogens is 3. The van der Waals surface area contributed by atoms with E-state index in [4.69, 9.17) is 0 Å². The van der Waals surface area contributed by atoms with E-state index in [1.165, 1.54) is 6.33 Å². The molecule has 0 aliphatic rings. The molecule has 0 saturated carbocycles. The van der Waals surface area contributed by atoms with E-state index in [-0.39, 0.29) is 4.90 Å². The van der Waals surface area contributed by atoms with E-state index in [0.717, 1.165) is 15.6 Å². The number of hydrogen-bond acceptors (Lipinski definition) is 4. The van der Waals surface area contributed by atoms with Gasteiger partial charge in [-0.25, -0.2) is 8.42 Å². The van der Waals surface area contributed by atoms with E-state index < -0.39 is 10.0 Å². The van der Waals surface area contributed by atoms with Crippen LogP contribution >= 0.6 is 15.9 Å². The fraction of sp³-hybridized carbons (Fsp3) is 0.143. The summed E-state index contributed by atoms with van der Waals surface area (Å²) in [6.07, 6.45) is 3.26. The smallest absolute Gasteiger partial charge is 0.262 e. The Balaban J connectivity index is 2.06. The van der Waals surface area contributed by atoms with Gasteiger partial charge in [0.15, 0.2) is 5.65 Å². The topological polar surface area (TPSA) is 76.4 Å². The predicted octanol–water partition coefficient (Wildman–Crippen LogP) is 2.91. The monoisotopic (exact) mass is 380 g/mol. The average Bonchev–Trinajstić information content (AvgIpc) is 2.89. The van der Waals surface area contributed by atoms with Crippen molar-refractivity contribution in [2.24, 2.45) is 0 Å². The van der Waals surface area contributed by atoms with Gasteiger partial charge < -0.3 is 0 Å². The van der Waals surface area contributed by atoms with Gasteiger partial charge in [-0.15, -0.1) is 10.2 Å². The van der Waals surface area contributed by atoms with Gasteiger partial charge in [-0.3, -0.25) is 9.12 Å². The first-order chi connectivity index (χ1) is 10.4. The molecule has 114 valence electrons. The number of pyridine rings is 1. The number of nitrogens with zero attached hydrogens (tertiary/aromatic N) is 3. The minimum atomic E-state index is -3.69. The van der Waals surface area contributed by atoms with E-state index in [1.807, 2.05) is 13.8 Å². The lowest BCUT2D eigenvalue weighted by Gasteiger charge is -2.10. The highest BCUT2D eigenvalue weighted by molar-refractivity contribution is 9.10. The quantitative estimate of drug-likeness (QED) is 0.757. The van der Waals surface area contributed by atoms with E-state index in [2.05, 4.69) is 30.8 Å². The molecule has 0 fully saturated rings. The Hall–Kier alpha value is -1.93. The number of nitrogens with one attached hydrogen (secondary N) is 1. The van der Waals surface area contributed by atoms with E-state index >= 15 is 0 Å². The molecule has 0 aliphatic heterocycles. The molecule has 1 N–H and O–H groups in total. The zero-order valence-electron chi connectivity index (χ0n) is 11.9. The third-order valence-corrected chi connectivity index (χ3v) is 5.19. The molecule has 0 atom stereocenters. The molecule has 0 bridgehead atoms. The number of aryl methyl sites for hydroxylation is 2. The standard InChI is InChI=1S/C14H13BrN4O2S/c1-9-3-4-12(5-10(9)2)22(20,21)18-13-6-11(15)7-19-8-16-17-14(13)19/h3-8,18H,1-2H3. The molecule has 3 aromatic rings. The Morgan fingerprint density at radius 3 is 2.68 bits per heavy atom. The fourth-order valence-electron chi connectivity index (χ4n) is 2.06. The van der Waals surface area contributed by atoms with Gasteiger partial charge in [-0.2, -0.15) is 0 Å². The van der Waals surface area contributed by atoms with Crippen molar-refractivity contribution in [3.8, 4) is 0 Å². The van der Waals surface area contributed by atoms with Crippen molar-refractivity contribution >= 4 is 37.3 Å². The van der Waals surface area contributed by atoms with Gasteiger partial charge in [0, 0.05) is 10.7 Å². The van der Waals surface area contributed by atoms with Crippen LogP contribution in [0.1, 0.15) is 11.1 Å². The van der Waals surface area contributed by atoms with Gasteiger partial charge in [-0.05, 0) is 59.1 Å². The van der Waals surface area contributed by atoms with Crippen LogP contribution in [0, 0.1) is 13.8 Å².